The minimum atomic E-state index is -2.91. The fraction of sp³-hybridized carbons (Fsp3) is 0.238. The molecule has 0 aliphatic rings. The van der Waals surface area contributed by atoms with Crippen LogP contribution in [-0.2, 0) is 10.4 Å². The zero-order chi connectivity index (χ0) is 21.2. The van der Waals surface area contributed by atoms with Crippen molar-refractivity contribution in [1.82, 2.24) is 4.98 Å². The number of aromatic nitrogens is 1. The largest absolute Gasteiger partial charge is 0.378 e. The van der Waals surface area contributed by atoms with Gasteiger partial charge in [0.05, 0.1) is 10.7 Å². The Hall–Kier alpha value is -2.07. The van der Waals surface area contributed by atoms with Gasteiger partial charge < -0.3 is 10.2 Å². The number of nitrogens with zero attached hydrogens (tertiary/aromatic N) is 2. The third-order valence-corrected chi connectivity index (χ3v) is 6.02. The Morgan fingerprint density at radius 1 is 1.21 bits per heavy atom. The Balaban J connectivity index is 1.72. The van der Waals surface area contributed by atoms with Gasteiger partial charge in [0.1, 0.15) is 5.00 Å². The molecule has 1 heterocycles. The van der Waals surface area contributed by atoms with Gasteiger partial charge in [0.2, 0.25) is 0 Å². The Morgan fingerprint density at radius 2 is 1.90 bits per heavy atom. The van der Waals surface area contributed by atoms with Crippen molar-refractivity contribution < 1.29 is 13.6 Å². The van der Waals surface area contributed by atoms with Crippen LogP contribution in [0.2, 0.25) is 0 Å². The van der Waals surface area contributed by atoms with Crippen LogP contribution in [0.4, 0.5) is 19.5 Å². The van der Waals surface area contributed by atoms with Gasteiger partial charge >= 0.3 is 3.93 Å². The molecule has 0 fully saturated rings. The first kappa shape index (κ1) is 21.6. The van der Waals surface area contributed by atoms with Crippen LogP contribution < -0.4 is 10.2 Å². The monoisotopic (exact) mass is 527 g/mol. The number of benzene rings is 2. The van der Waals surface area contributed by atoms with E-state index >= 15 is 0 Å². The average molecular weight is 527 g/mol. The highest BCUT2D eigenvalue weighted by Crippen LogP contribution is 2.36. The number of thiazole rings is 1. The van der Waals surface area contributed by atoms with Crippen molar-refractivity contribution in [3.63, 3.8) is 0 Å². The van der Waals surface area contributed by atoms with Gasteiger partial charge in [-0.3, -0.25) is 4.79 Å². The number of nitrogens with one attached hydrogen (secondary N) is 1. The smallest absolute Gasteiger partial charge is 0.321 e. The van der Waals surface area contributed by atoms with E-state index in [0.717, 1.165) is 38.8 Å². The van der Waals surface area contributed by atoms with Gasteiger partial charge in [0.25, 0.3) is 5.91 Å². The number of amides is 1. The van der Waals surface area contributed by atoms with E-state index in [2.05, 4.69) is 10.3 Å². The van der Waals surface area contributed by atoms with Crippen LogP contribution in [0, 0.1) is 6.92 Å². The topological polar surface area (TPSA) is 45.2 Å². The standard InChI is InChI=1S/C21H20F2IN3OS/c1-13-20(26-19(28)15-7-9-17(10-8-15)27(2)3)29-18(25-13)12-14-5-4-6-16(11-14)21(22,23)24/h4-11H,12H2,1-3H3,(H,26,28). The summed E-state index contributed by atoms with van der Waals surface area (Å²) in [4.78, 5) is 19.0. The lowest BCUT2D eigenvalue weighted by Gasteiger charge is -2.12. The second-order valence-corrected chi connectivity index (χ2v) is 9.23. The van der Waals surface area contributed by atoms with E-state index in [-0.39, 0.29) is 11.5 Å². The minimum Gasteiger partial charge on any atom is -0.378 e. The Bertz CT molecular complexity index is 1010. The average Bonchev–Trinajstić information content (AvgIpc) is 3.00. The van der Waals surface area contributed by atoms with Crippen LogP contribution in [0.3, 0.4) is 0 Å². The summed E-state index contributed by atoms with van der Waals surface area (Å²) in [5, 5.41) is 4.32. The van der Waals surface area contributed by atoms with E-state index < -0.39 is 3.93 Å². The molecule has 0 spiro atoms. The number of rotatable bonds is 6. The summed E-state index contributed by atoms with van der Waals surface area (Å²) in [6, 6.07) is 13.6. The van der Waals surface area contributed by atoms with Crippen molar-refractivity contribution in [1.29, 1.82) is 0 Å². The third-order valence-electron chi connectivity index (χ3n) is 4.32. The van der Waals surface area contributed by atoms with E-state index in [1.165, 1.54) is 23.5 Å². The van der Waals surface area contributed by atoms with Crippen molar-refractivity contribution in [2.24, 2.45) is 0 Å². The van der Waals surface area contributed by atoms with Crippen molar-refractivity contribution in [3.8, 4) is 0 Å². The first-order valence-corrected chi connectivity index (χ1v) is 10.7. The van der Waals surface area contributed by atoms with Crippen LogP contribution in [0.25, 0.3) is 0 Å². The summed E-state index contributed by atoms with van der Waals surface area (Å²) in [5.41, 5.74) is 3.00. The molecule has 29 heavy (non-hydrogen) atoms. The molecule has 3 rings (SSSR count). The molecule has 0 aliphatic carbocycles. The number of halogens is 3. The van der Waals surface area contributed by atoms with Crippen LogP contribution in [-0.4, -0.2) is 25.0 Å². The van der Waals surface area contributed by atoms with Crippen molar-refractivity contribution >= 4 is 50.5 Å². The molecule has 1 aromatic heterocycles. The van der Waals surface area contributed by atoms with Crippen LogP contribution in [0.1, 0.15) is 32.2 Å². The number of alkyl halides is 3. The van der Waals surface area contributed by atoms with Crippen LogP contribution in [0.5, 0.6) is 0 Å². The lowest BCUT2D eigenvalue weighted by molar-refractivity contribution is 0.102. The Labute approximate surface area is 186 Å². The molecule has 0 aliphatic heterocycles. The second-order valence-electron chi connectivity index (χ2n) is 6.79. The lowest BCUT2D eigenvalue weighted by Crippen LogP contribution is -2.13. The highest BCUT2D eigenvalue weighted by atomic mass is 127. The van der Waals surface area contributed by atoms with E-state index in [0.29, 0.717) is 22.7 Å². The molecule has 0 saturated heterocycles. The molecule has 0 bridgehead atoms. The molecule has 0 unspecified atom stereocenters. The van der Waals surface area contributed by atoms with E-state index in [1.807, 2.05) is 38.1 Å². The van der Waals surface area contributed by atoms with Gasteiger partial charge in [0, 0.05) is 59.9 Å². The predicted octanol–water partition coefficient (Wildman–Crippen LogP) is 5.84. The zero-order valence-electron chi connectivity index (χ0n) is 16.2. The summed E-state index contributed by atoms with van der Waals surface area (Å²) in [7, 11) is 3.88. The highest BCUT2D eigenvalue weighted by Gasteiger charge is 2.26. The molecule has 8 heteroatoms. The van der Waals surface area contributed by atoms with Crippen molar-refractivity contribution in [2.75, 3.05) is 24.3 Å². The van der Waals surface area contributed by atoms with E-state index in [1.54, 1.807) is 24.3 Å². The Kier molecular flexibility index (Phi) is 6.52. The van der Waals surface area contributed by atoms with Gasteiger partial charge in [-0.15, -0.1) is 11.3 Å². The molecular formula is C21H20F2IN3OS. The number of carbonyl (C=O) groups is 1. The molecular weight excluding hydrogens is 507 g/mol. The molecule has 3 aromatic rings. The fourth-order valence-corrected chi connectivity index (χ4v) is 4.09. The molecule has 1 amide bonds. The maximum atomic E-state index is 13.5. The number of hydrogen-bond donors (Lipinski definition) is 1. The highest BCUT2D eigenvalue weighted by molar-refractivity contribution is 14.1. The summed E-state index contributed by atoms with van der Waals surface area (Å²) >= 11 is 2.49. The lowest BCUT2D eigenvalue weighted by atomic mass is 10.1. The quantitative estimate of drug-likeness (QED) is 0.324. The summed E-state index contributed by atoms with van der Waals surface area (Å²) < 4.78 is 24.2. The first-order chi connectivity index (χ1) is 13.6. The van der Waals surface area contributed by atoms with Gasteiger partial charge in [0.15, 0.2) is 0 Å². The second kappa shape index (κ2) is 8.74. The number of anilines is 2. The molecule has 0 atom stereocenters. The fourth-order valence-electron chi connectivity index (χ4n) is 2.76. The number of carbonyl (C=O) groups excluding carboxylic acids is 1. The summed E-state index contributed by atoms with van der Waals surface area (Å²) in [5.74, 6) is -0.208. The van der Waals surface area contributed by atoms with E-state index in [4.69, 9.17) is 0 Å². The number of hydrogen-bond acceptors (Lipinski definition) is 4. The van der Waals surface area contributed by atoms with Crippen molar-refractivity contribution in [2.45, 2.75) is 17.3 Å². The summed E-state index contributed by atoms with van der Waals surface area (Å²) in [6.07, 6.45) is 0.430. The summed E-state index contributed by atoms with van der Waals surface area (Å²) in [6.45, 7) is 1.82. The predicted molar refractivity (Wildman–Crippen MR) is 123 cm³/mol. The van der Waals surface area contributed by atoms with Gasteiger partial charge in [-0.25, -0.2) is 4.98 Å². The third kappa shape index (κ3) is 5.51. The van der Waals surface area contributed by atoms with Crippen LogP contribution >= 0.6 is 33.9 Å². The molecule has 2 aromatic carbocycles. The Morgan fingerprint density at radius 3 is 2.52 bits per heavy atom. The maximum Gasteiger partial charge on any atom is 0.321 e. The molecule has 152 valence electrons. The number of aryl methyl sites for hydroxylation is 1. The van der Waals surface area contributed by atoms with Crippen LogP contribution in [0.15, 0.2) is 48.5 Å². The van der Waals surface area contributed by atoms with Gasteiger partial charge in [-0.05, 0) is 42.8 Å². The normalized spacial score (nSPS) is 11.4. The molecule has 0 saturated carbocycles. The SMILES string of the molecule is Cc1nc(Cc2cccc(C(F)(F)I)c2)sc1NC(=O)c1ccc(N(C)C)cc1. The van der Waals surface area contributed by atoms with Crippen molar-refractivity contribution in [3.05, 3.63) is 75.9 Å². The first-order valence-electron chi connectivity index (χ1n) is 8.84. The minimum absolute atomic E-state index is 0.0291. The van der Waals surface area contributed by atoms with Gasteiger partial charge in [-0.2, -0.15) is 8.78 Å². The molecule has 4 nitrogen and oxygen atoms in total. The molecule has 1 N–H and O–H groups in total. The zero-order valence-corrected chi connectivity index (χ0v) is 19.1. The maximum absolute atomic E-state index is 13.5. The van der Waals surface area contributed by atoms with E-state index in [9.17, 15) is 13.6 Å². The molecule has 0 radical (unpaired) electrons. The van der Waals surface area contributed by atoms with Gasteiger partial charge in [-0.1, -0.05) is 18.2 Å².